The predicted octanol–water partition coefficient (Wildman–Crippen LogP) is 1.90. The Kier molecular flexibility index (Phi) is 2.43. The Morgan fingerprint density at radius 2 is 2.23 bits per heavy atom. The van der Waals surface area contributed by atoms with Crippen LogP contribution in [0.4, 0.5) is 0 Å². The van der Waals surface area contributed by atoms with Gasteiger partial charge in [0.1, 0.15) is 0 Å². The van der Waals surface area contributed by atoms with Crippen LogP contribution in [0.1, 0.15) is 20.3 Å². The molecule has 2 bridgehead atoms. The second kappa shape index (κ2) is 3.19. The van der Waals surface area contributed by atoms with E-state index < -0.39 is 5.97 Å². The maximum Gasteiger partial charge on any atom is 0.287 e. The van der Waals surface area contributed by atoms with E-state index in [0.29, 0.717) is 6.61 Å². The standard InChI is InChI=1S/C9H15BrO3/c1-7(5-10)9-11-4-3-8(2,13-9)6-12-9/h7H,3-6H2,1-2H3/t7-,8-,9+/m0/s1. The SMILES string of the molecule is C[C@@H](CBr)[C@@]12OCC[C@@](C)(CO1)O2. The minimum Gasteiger partial charge on any atom is -0.327 e. The van der Waals surface area contributed by atoms with E-state index in [4.69, 9.17) is 14.2 Å². The number of hydrogen-bond donors (Lipinski definition) is 0. The zero-order valence-corrected chi connectivity index (χ0v) is 9.59. The molecule has 0 aromatic carbocycles. The fourth-order valence-corrected chi connectivity index (χ4v) is 2.14. The highest BCUT2D eigenvalue weighted by molar-refractivity contribution is 9.09. The van der Waals surface area contributed by atoms with Gasteiger partial charge in [0.25, 0.3) is 5.97 Å². The van der Waals surface area contributed by atoms with Crippen molar-refractivity contribution in [3.8, 4) is 0 Å². The Balaban J connectivity index is 2.16. The zero-order chi connectivity index (χ0) is 9.53. The van der Waals surface area contributed by atoms with Crippen molar-refractivity contribution in [1.82, 2.24) is 0 Å². The molecule has 3 atom stereocenters. The summed E-state index contributed by atoms with van der Waals surface area (Å²) in [4.78, 5) is 0. The molecule has 13 heavy (non-hydrogen) atoms. The van der Waals surface area contributed by atoms with E-state index in [0.717, 1.165) is 18.4 Å². The summed E-state index contributed by atoms with van der Waals surface area (Å²) < 4.78 is 17.1. The number of hydrogen-bond acceptors (Lipinski definition) is 3. The molecular formula is C9H15BrO3. The molecule has 0 spiro atoms. The van der Waals surface area contributed by atoms with Crippen LogP contribution in [-0.2, 0) is 14.2 Å². The van der Waals surface area contributed by atoms with Gasteiger partial charge in [-0.1, -0.05) is 22.9 Å². The van der Waals surface area contributed by atoms with Crippen LogP contribution in [-0.4, -0.2) is 30.1 Å². The van der Waals surface area contributed by atoms with Gasteiger partial charge in [-0.25, -0.2) is 0 Å². The molecule has 0 aromatic rings. The molecule has 0 aromatic heterocycles. The molecule has 2 aliphatic heterocycles. The average molecular weight is 251 g/mol. The minimum atomic E-state index is -0.781. The lowest BCUT2D eigenvalue weighted by Crippen LogP contribution is -2.48. The average Bonchev–Trinajstić information content (AvgIpc) is 2.37. The van der Waals surface area contributed by atoms with Crippen LogP contribution in [0, 0.1) is 5.92 Å². The van der Waals surface area contributed by atoms with E-state index in [9.17, 15) is 0 Å². The Hall–Kier alpha value is 0.360. The Morgan fingerprint density at radius 3 is 2.92 bits per heavy atom. The van der Waals surface area contributed by atoms with E-state index in [2.05, 4.69) is 29.8 Å². The summed E-state index contributed by atoms with van der Waals surface area (Å²) in [6.07, 6.45) is 0.920. The molecule has 0 radical (unpaired) electrons. The molecular weight excluding hydrogens is 236 g/mol. The van der Waals surface area contributed by atoms with Gasteiger partial charge < -0.3 is 14.2 Å². The normalized spacial score (nSPS) is 46.4. The fourth-order valence-electron chi connectivity index (χ4n) is 1.74. The molecule has 0 saturated carbocycles. The lowest BCUT2D eigenvalue weighted by atomic mass is 10.0. The molecule has 0 N–H and O–H groups in total. The third-order valence-corrected chi connectivity index (χ3v) is 3.71. The van der Waals surface area contributed by atoms with Gasteiger partial charge in [0, 0.05) is 17.7 Å². The second-order valence-electron chi connectivity index (χ2n) is 4.10. The van der Waals surface area contributed by atoms with Crippen molar-refractivity contribution < 1.29 is 14.2 Å². The molecule has 76 valence electrons. The topological polar surface area (TPSA) is 27.7 Å². The zero-order valence-electron chi connectivity index (χ0n) is 8.01. The highest BCUT2D eigenvalue weighted by Gasteiger charge is 2.55. The molecule has 2 saturated heterocycles. The molecule has 2 rings (SSSR count). The van der Waals surface area contributed by atoms with Crippen molar-refractivity contribution in [2.75, 3.05) is 18.5 Å². The van der Waals surface area contributed by atoms with Crippen LogP contribution in [0.3, 0.4) is 0 Å². The van der Waals surface area contributed by atoms with Crippen molar-refractivity contribution in [3.63, 3.8) is 0 Å². The molecule has 2 heterocycles. The Bertz CT molecular complexity index is 211. The van der Waals surface area contributed by atoms with Crippen LogP contribution in [0.25, 0.3) is 0 Å². The van der Waals surface area contributed by atoms with Gasteiger partial charge in [-0.05, 0) is 6.92 Å². The van der Waals surface area contributed by atoms with Crippen molar-refractivity contribution in [3.05, 3.63) is 0 Å². The Morgan fingerprint density at radius 1 is 1.46 bits per heavy atom. The van der Waals surface area contributed by atoms with Gasteiger partial charge in [-0.2, -0.15) is 0 Å². The third kappa shape index (κ3) is 1.54. The van der Waals surface area contributed by atoms with E-state index >= 15 is 0 Å². The van der Waals surface area contributed by atoms with Gasteiger partial charge in [-0.15, -0.1) is 0 Å². The number of halogens is 1. The highest BCUT2D eigenvalue weighted by atomic mass is 79.9. The number of ether oxygens (including phenoxy) is 3. The molecule has 0 unspecified atom stereocenters. The van der Waals surface area contributed by atoms with E-state index in [-0.39, 0.29) is 11.5 Å². The van der Waals surface area contributed by atoms with Crippen LogP contribution >= 0.6 is 15.9 Å². The highest BCUT2D eigenvalue weighted by Crippen LogP contribution is 2.43. The maximum atomic E-state index is 5.85. The molecule has 0 aliphatic carbocycles. The summed E-state index contributed by atoms with van der Waals surface area (Å²) in [5.41, 5.74) is -0.130. The summed E-state index contributed by atoms with van der Waals surface area (Å²) in [6.45, 7) is 5.52. The third-order valence-electron chi connectivity index (χ3n) is 2.74. The van der Waals surface area contributed by atoms with Gasteiger partial charge in [0.15, 0.2) is 0 Å². The summed E-state index contributed by atoms with van der Waals surface area (Å²) in [6, 6.07) is 0. The maximum absolute atomic E-state index is 5.85. The molecule has 4 heteroatoms. The number of fused-ring (bicyclic) bond motifs is 2. The van der Waals surface area contributed by atoms with Gasteiger partial charge in [0.05, 0.1) is 18.8 Å². The quantitative estimate of drug-likeness (QED) is 0.701. The Labute approximate surface area is 86.9 Å². The van der Waals surface area contributed by atoms with Crippen LogP contribution in [0.15, 0.2) is 0 Å². The smallest absolute Gasteiger partial charge is 0.287 e. The summed E-state index contributed by atoms with van der Waals surface area (Å²) in [5.74, 6) is -0.564. The molecule has 2 fully saturated rings. The van der Waals surface area contributed by atoms with E-state index in [1.165, 1.54) is 0 Å². The fraction of sp³-hybridized carbons (Fsp3) is 1.00. The summed E-state index contributed by atoms with van der Waals surface area (Å²) in [7, 11) is 0. The molecule has 3 nitrogen and oxygen atoms in total. The predicted molar refractivity (Wildman–Crippen MR) is 51.7 cm³/mol. The second-order valence-corrected chi connectivity index (χ2v) is 4.75. The first-order valence-corrected chi connectivity index (χ1v) is 5.76. The van der Waals surface area contributed by atoms with E-state index in [1.807, 2.05) is 0 Å². The van der Waals surface area contributed by atoms with Gasteiger partial charge in [0.2, 0.25) is 0 Å². The molecule has 0 amide bonds. The van der Waals surface area contributed by atoms with E-state index in [1.54, 1.807) is 0 Å². The van der Waals surface area contributed by atoms with Crippen LogP contribution in [0.5, 0.6) is 0 Å². The lowest BCUT2D eigenvalue weighted by Gasteiger charge is -2.38. The van der Waals surface area contributed by atoms with Crippen LogP contribution < -0.4 is 0 Å². The summed E-state index contributed by atoms with van der Waals surface area (Å²) in [5, 5.41) is 0.822. The molecule has 2 aliphatic rings. The van der Waals surface area contributed by atoms with Crippen molar-refractivity contribution in [2.45, 2.75) is 31.8 Å². The van der Waals surface area contributed by atoms with Gasteiger partial charge in [-0.3, -0.25) is 0 Å². The number of rotatable bonds is 2. The van der Waals surface area contributed by atoms with Crippen molar-refractivity contribution in [2.24, 2.45) is 5.92 Å². The largest absolute Gasteiger partial charge is 0.327 e. The summed E-state index contributed by atoms with van der Waals surface area (Å²) >= 11 is 3.42. The number of alkyl halides is 1. The first-order chi connectivity index (χ1) is 6.10. The van der Waals surface area contributed by atoms with Crippen molar-refractivity contribution in [1.29, 1.82) is 0 Å². The minimum absolute atomic E-state index is 0.130. The van der Waals surface area contributed by atoms with Crippen LogP contribution in [0.2, 0.25) is 0 Å². The lowest BCUT2D eigenvalue weighted by molar-refractivity contribution is -0.385. The first-order valence-electron chi connectivity index (χ1n) is 4.64. The van der Waals surface area contributed by atoms with Gasteiger partial charge >= 0.3 is 0 Å². The first kappa shape index (κ1) is 9.90. The monoisotopic (exact) mass is 250 g/mol. The van der Waals surface area contributed by atoms with Crippen molar-refractivity contribution >= 4 is 15.9 Å².